The molecule has 0 bridgehead atoms. The number of hydrogen-bond acceptors (Lipinski definition) is 4. The van der Waals surface area contributed by atoms with Crippen molar-refractivity contribution in [1.82, 2.24) is 15.1 Å². The van der Waals surface area contributed by atoms with Crippen LogP contribution in [-0.4, -0.2) is 34.1 Å². The number of carbonyl (C=O) groups excluding carboxylic acids is 1. The number of aryl methyl sites for hydroxylation is 1. The first-order valence-electron chi connectivity index (χ1n) is 10.5. The van der Waals surface area contributed by atoms with Crippen LogP contribution in [0.3, 0.4) is 0 Å². The Labute approximate surface area is 196 Å². The molecule has 1 amide bonds. The molecule has 2 saturated carbocycles. The summed E-state index contributed by atoms with van der Waals surface area (Å²) < 4.78 is 68.3. The Hall–Kier alpha value is -2.95. The Morgan fingerprint density at radius 1 is 1.24 bits per heavy atom. The summed E-state index contributed by atoms with van der Waals surface area (Å²) in [7, 11) is 1.25. The van der Waals surface area contributed by atoms with E-state index in [9.17, 15) is 26.7 Å². The van der Waals surface area contributed by atoms with Gasteiger partial charge in [-0.1, -0.05) is 17.7 Å². The number of alkyl halides is 5. The third-order valence-corrected chi connectivity index (χ3v) is 5.98. The van der Waals surface area contributed by atoms with Gasteiger partial charge in [-0.05, 0) is 49.3 Å². The van der Waals surface area contributed by atoms with E-state index in [1.54, 1.807) is 6.07 Å². The largest absolute Gasteiger partial charge is 0.459 e. The first kappa shape index (κ1) is 24.2. The van der Waals surface area contributed by atoms with Crippen molar-refractivity contribution in [2.75, 3.05) is 0 Å². The van der Waals surface area contributed by atoms with Gasteiger partial charge in [0, 0.05) is 36.6 Å². The average molecular weight is 502 g/mol. The lowest BCUT2D eigenvalue weighted by Crippen LogP contribution is -2.35. The molecule has 0 unspecified atom stereocenters. The van der Waals surface area contributed by atoms with Crippen molar-refractivity contribution < 1.29 is 26.7 Å². The SMILES string of the molecule is Cn1nc(C(F)(F)C(F)(F)F)c(C2CC2)c1N=CC(=CN)c1ccc(Cl)c(C(=O)NC2CC2)c1. The summed E-state index contributed by atoms with van der Waals surface area (Å²) in [6.07, 6.45) is -0.635. The molecular weight excluding hydrogens is 481 g/mol. The average Bonchev–Trinajstić information content (AvgIpc) is 3.69. The minimum Gasteiger partial charge on any atom is -0.404 e. The summed E-state index contributed by atoms with van der Waals surface area (Å²) in [5, 5.41) is 6.55. The van der Waals surface area contributed by atoms with E-state index in [1.807, 2.05) is 0 Å². The summed E-state index contributed by atoms with van der Waals surface area (Å²) in [6, 6.07) is 4.74. The molecule has 4 rings (SSSR count). The van der Waals surface area contributed by atoms with Gasteiger partial charge in [-0.15, -0.1) is 0 Å². The van der Waals surface area contributed by atoms with Gasteiger partial charge in [0.05, 0.1) is 10.6 Å². The predicted molar refractivity (Wildman–Crippen MR) is 117 cm³/mol. The molecule has 3 N–H and O–H groups in total. The summed E-state index contributed by atoms with van der Waals surface area (Å²) in [6.45, 7) is 0. The lowest BCUT2D eigenvalue weighted by Gasteiger charge is -2.18. The second-order valence-electron chi connectivity index (χ2n) is 8.38. The summed E-state index contributed by atoms with van der Waals surface area (Å²) in [5.41, 5.74) is 5.17. The number of aliphatic imine (C=N–C) groups is 1. The number of nitrogens with one attached hydrogen (secondary N) is 1. The summed E-state index contributed by atoms with van der Waals surface area (Å²) >= 11 is 6.16. The molecule has 182 valence electrons. The predicted octanol–water partition coefficient (Wildman–Crippen LogP) is 5.20. The van der Waals surface area contributed by atoms with Crippen LogP contribution in [0.4, 0.5) is 27.8 Å². The van der Waals surface area contributed by atoms with E-state index < -0.39 is 23.7 Å². The van der Waals surface area contributed by atoms with Crippen molar-refractivity contribution in [1.29, 1.82) is 0 Å². The number of amides is 1. The lowest BCUT2D eigenvalue weighted by atomic mass is 10.0. The van der Waals surface area contributed by atoms with Crippen molar-refractivity contribution in [3.8, 4) is 0 Å². The highest BCUT2D eigenvalue weighted by Gasteiger charge is 2.62. The van der Waals surface area contributed by atoms with Gasteiger partial charge in [-0.25, -0.2) is 4.99 Å². The molecule has 0 atom stereocenters. The maximum Gasteiger partial charge on any atom is 0.459 e. The molecule has 1 aromatic carbocycles. The molecule has 2 aromatic rings. The minimum atomic E-state index is -5.78. The first-order valence-corrected chi connectivity index (χ1v) is 10.9. The molecule has 2 aliphatic rings. The van der Waals surface area contributed by atoms with Crippen LogP contribution in [0.5, 0.6) is 0 Å². The van der Waals surface area contributed by atoms with Crippen LogP contribution >= 0.6 is 11.6 Å². The number of benzene rings is 1. The molecule has 0 spiro atoms. The molecule has 0 radical (unpaired) electrons. The van der Waals surface area contributed by atoms with Gasteiger partial charge in [0.1, 0.15) is 5.69 Å². The van der Waals surface area contributed by atoms with E-state index in [0.29, 0.717) is 24.0 Å². The van der Waals surface area contributed by atoms with Gasteiger partial charge in [0.25, 0.3) is 5.91 Å². The third kappa shape index (κ3) is 4.66. The molecule has 2 aliphatic carbocycles. The minimum absolute atomic E-state index is 0.110. The monoisotopic (exact) mass is 501 g/mol. The number of nitrogens with zero attached hydrogens (tertiary/aromatic N) is 3. The van der Waals surface area contributed by atoms with Crippen molar-refractivity contribution in [3.05, 3.63) is 51.8 Å². The number of hydrogen-bond donors (Lipinski definition) is 2. The second kappa shape index (κ2) is 8.68. The number of allylic oxidation sites excluding steroid dienone is 1. The molecule has 0 aliphatic heterocycles. The number of carbonyl (C=O) groups is 1. The molecule has 1 aromatic heterocycles. The normalized spacial score (nSPS) is 17.4. The standard InChI is InChI=1S/C22H21ClF5N5O/c1-33-19(17(11-2-3-11)18(32-33)21(24,25)22(26,27)28)30-10-13(9-29)12-4-7-16(23)15(8-12)20(34)31-14-5-6-14/h4,7-11,14H,2-3,5-6,29H2,1H3,(H,31,34). The van der Waals surface area contributed by atoms with Crippen LogP contribution in [0.15, 0.2) is 29.4 Å². The highest BCUT2D eigenvalue weighted by molar-refractivity contribution is 6.34. The molecule has 0 saturated heterocycles. The van der Waals surface area contributed by atoms with E-state index in [1.165, 1.54) is 31.6 Å². The first-order chi connectivity index (χ1) is 15.9. The molecule has 1 heterocycles. The highest BCUT2D eigenvalue weighted by Crippen LogP contribution is 2.53. The van der Waals surface area contributed by atoms with Crippen LogP contribution in [0.1, 0.15) is 58.8 Å². The smallest absolute Gasteiger partial charge is 0.404 e. The van der Waals surface area contributed by atoms with Gasteiger partial charge >= 0.3 is 12.1 Å². The Bertz CT molecular complexity index is 1180. The Morgan fingerprint density at radius 3 is 2.47 bits per heavy atom. The van der Waals surface area contributed by atoms with Gasteiger partial charge < -0.3 is 11.1 Å². The van der Waals surface area contributed by atoms with Gasteiger partial charge in [-0.2, -0.15) is 27.1 Å². The Kier molecular flexibility index (Phi) is 6.17. The van der Waals surface area contributed by atoms with Crippen LogP contribution in [0.25, 0.3) is 5.57 Å². The van der Waals surface area contributed by atoms with Gasteiger partial charge in [-0.3, -0.25) is 9.48 Å². The fourth-order valence-corrected chi connectivity index (χ4v) is 3.72. The van der Waals surface area contributed by atoms with Crippen LogP contribution in [0, 0.1) is 0 Å². The number of halogens is 6. The third-order valence-electron chi connectivity index (χ3n) is 5.65. The maximum absolute atomic E-state index is 14.2. The summed E-state index contributed by atoms with van der Waals surface area (Å²) in [4.78, 5) is 16.6. The second-order valence-corrected chi connectivity index (χ2v) is 8.79. The van der Waals surface area contributed by atoms with Crippen molar-refractivity contribution >= 4 is 35.1 Å². The molecule has 2 fully saturated rings. The number of nitrogens with two attached hydrogens (primary N) is 1. The molecule has 6 nitrogen and oxygen atoms in total. The van der Waals surface area contributed by atoms with Gasteiger partial charge in [0.2, 0.25) is 0 Å². The quantitative estimate of drug-likeness (QED) is 0.404. The van der Waals surface area contributed by atoms with Crippen LogP contribution < -0.4 is 11.1 Å². The molecular formula is C22H21ClF5N5O. The maximum atomic E-state index is 14.2. The zero-order valence-corrected chi connectivity index (χ0v) is 18.7. The zero-order valence-electron chi connectivity index (χ0n) is 18.0. The topological polar surface area (TPSA) is 85.3 Å². The van der Waals surface area contributed by atoms with Crippen LogP contribution in [-0.2, 0) is 13.0 Å². The lowest BCUT2D eigenvalue weighted by molar-refractivity contribution is -0.291. The summed E-state index contributed by atoms with van der Waals surface area (Å²) in [5.74, 6) is -6.04. The van der Waals surface area contributed by atoms with Crippen LogP contribution in [0.2, 0.25) is 5.02 Å². The van der Waals surface area contributed by atoms with Crippen molar-refractivity contribution in [2.45, 2.75) is 49.7 Å². The molecule has 34 heavy (non-hydrogen) atoms. The van der Waals surface area contributed by atoms with Crippen molar-refractivity contribution in [2.24, 2.45) is 17.8 Å². The number of rotatable bonds is 7. The fraction of sp³-hybridized carbons (Fsp3) is 0.409. The number of aromatic nitrogens is 2. The van der Waals surface area contributed by atoms with Gasteiger partial charge in [0.15, 0.2) is 5.82 Å². The highest BCUT2D eigenvalue weighted by atomic mass is 35.5. The zero-order chi connectivity index (χ0) is 24.8. The Morgan fingerprint density at radius 2 is 1.91 bits per heavy atom. The Balaban J connectivity index is 1.68. The van der Waals surface area contributed by atoms with E-state index in [-0.39, 0.29) is 33.9 Å². The van der Waals surface area contributed by atoms with E-state index in [2.05, 4.69) is 15.4 Å². The fourth-order valence-electron chi connectivity index (χ4n) is 3.51. The van der Waals surface area contributed by atoms with Crippen molar-refractivity contribution in [3.63, 3.8) is 0 Å². The van der Waals surface area contributed by atoms with E-state index >= 15 is 0 Å². The van der Waals surface area contributed by atoms with E-state index in [0.717, 1.165) is 17.5 Å². The molecule has 12 heteroatoms. The van der Waals surface area contributed by atoms with E-state index in [4.69, 9.17) is 17.3 Å².